The van der Waals surface area contributed by atoms with E-state index in [9.17, 15) is 50.2 Å². The lowest BCUT2D eigenvalue weighted by Gasteiger charge is -2.51. The summed E-state index contributed by atoms with van der Waals surface area (Å²) in [5, 5.41) is 11.2. The Hall–Kier alpha value is -4.21. The van der Waals surface area contributed by atoms with E-state index in [-0.39, 0.29) is 50.0 Å². The van der Waals surface area contributed by atoms with Gasteiger partial charge in [-0.15, -0.1) is 11.3 Å². The summed E-state index contributed by atoms with van der Waals surface area (Å²) >= 11 is 0.286. The number of carboxylic acids is 1. The molecule has 3 aromatic rings. The Morgan fingerprint density at radius 3 is 2.45 bits per heavy atom. The first-order chi connectivity index (χ1) is 22.1. The van der Waals surface area contributed by atoms with Crippen molar-refractivity contribution in [3.8, 4) is 5.75 Å². The standard InChI is InChI=1S/C31H28F7N3O5S/c1-2-5-23-29(46-20-14-24(47-16-20)31(36,37)38,9-4-11-40(23)26(42)25-21(30(33,34)35)6-3-10-39-25)28(45)41-15-18-12-19(32)8-7-17(18)13-22(41)27(43)44/h3,6-8,10,12,14,16,22-23H,2,4-5,9,11,13,15H2,1H3,(H,43,44)/t22-,23+,29+/m0/s1. The minimum atomic E-state index is -4.96. The van der Waals surface area contributed by atoms with E-state index < -0.39 is 82.1 Å². The number of fused-ring (bicyclic) bond motifs is 1. The number of carbonyl (C=O) groups excluding carboxylic acids is 2. The zero-order chi connectivity index (χ0) is 34.3. The Morgan fingerprint density at radius 1 is 1.06 bits per heavy atom. The lowest BCUT2D eigenvalue weighted by Crippen LogP contribution is -2.69. The summed E-state index contributed by atoms with van der Waals surface area (Å²) < 4.78 is 103. The summed E-state index contributed by atoms with van der Waals surface area (Å²) in [6.45, 7) is 1.11. The van der Waals surface area contributed by atoms with Gasteiger partial charge in [0.05, 0.1) is 11.6 Å². The molecule has 47 heavy (non-hydrogen) atoms. The number of ether oxygens (including phenoxy) is 1. The highest BCUT2D eigenvalue weighted by atomic mass is 32.1. The predicted octanol–water partition coefficient (Wildman–Crippen LogP) is 6.58. The number of amides is 2. The van der Waals surface area contributed by atoms with Crippen LogP contribution < -0.4 is 4.74 Å². The van der Waals surface area contributed by atoms with Crippen LogP contribution in [0.2, 0.25) is 0 Å². The molecule has 0 bridgehead atoms. The molecule has 1 fully saturated rings. The molecular weight excluding hydrogens is 659 g/mol. The van der Waals surface area contributed by atoms with Crippen molar-refractivity contribution in [3.63, 3.8) is 0 Å². The third-order valence-corrected chi connectivity index (χ3v) is 9.31. The monoisotopic (exact) mass is 687 g/mol. The molecule has 2 aromatic heterocycles. The van der Waals surface area contributed by atoms with Gasteiger partial charge in [-0.1, -0.05) is 19.4 Å². The van der Waals surface area contributed by atoms with Crippen LogP contribution >= 0.6 is 11.3 Å². The molecule has 1 saturated heterocycles. The van der Waals surface area contributed by atoms with Crippen molar-refractivity contribution in [1.82, 2.24) is 14.8 Å². The van der Waals surface area contributed by atoms with Crippen molar-refractivity contribution in [2.45, 2.75) is 75.6 Å². The van der Waals surface area contributed by atoms with E-state index in [0.29, 0.717) is 23.3 Å². The van der Waals surface area contributed by atoms with Crippen LogP contribution in [0.3, 0.4) is 0 Å². The molecule has 1 N–H and O–H groups in total. The summed E-state index contributed by atoms with van der Waals surface area (Å²) in [6, 6.07) is 3.16. The number of likely N-dealkylation sites (tertiary alicyclic amines) is 1. The molecule has 2 aliphatic rings. The van der Waals surface area contributed by atoms with Gasteiger partial charge in [0.25, 0.3) is 11.8 Å². The molecule has 0 aliphatic carbocycles. The SMILES string of the molecule is CCC[C@H]1N(C(=O)c2ncccc2C(F)(F)F)CCC[C@]1(Oc1csc(C(F)(F)F)c1)C(=O)N1Cc2cc(F)ccc2C[C@H]1C(=O)O. The van der Waals surface area contributed by atoms with Gasteiger partial charge in [0.1, 0.15) is 28.2 Å². The number of aromatic nitrogens is 1. The molecule has 0 unspecified atom stereocenters. The second-order valence-electron chi connectivity index (χ2n) is 11.3. The summed E-state index contributed by atoms with van der Waals surface area (Å²) in [7, 11) is 0. The highest BCUT2D eigenvalue weighted by Crippen LogP contribution is 2.43. The first kappa shape index (κ1) is 34.1. The zero-order valence-electron chi connectivity index (χ0n) is 24.7. The minimum Gasteiger partial charge on any atom is -0.480 e. The number of pyridine rings is 1. The Morgan fingerprint density at radius 2 is 1.81 bits per heavy atom. The maximum absolute atomic E-state index is 14.8. The Kier molecular flexibility index (Phi) is 9.27. The maximum atomic E-state index is 14.8. The van der Waals surface area contributed by atoms with Crippen LogP contribution in [0.1, 0.15) is 64.7 Å². The average Bonchev–Trinajstić information content (AvgIpc) is 3.49. The van der Waals surface area contributed by atoms with Crippen LogP contribution in [0.4, 0.5) is 30.7 Å². The molecular formula is C31H28F7N3O5S. The lowest BCUT2D eigenvalue weighted by molar-refractivity contribution is -0.168. The van der Waals surface area contributed by atoms with E-state index in [1.807, 2.05) is 0 Å². The van der Waals surface area contributed by atoms with Gasteiger partial charge in [-0.2, -0.15) is 26.3 Å². The van der Waals surface area contributed by atoms with Crippen LogP contribution in [0.25, 0.3) is 0 Å². The number of alkyl halides is 6. The van der Waals surface area contributed by atoms with E-state index in [1.54, 1.807) is 6.92 Å². The number of halogens is 7. The number of nitrogens with zero attached hydrogens (tertiary/aromatic N) is 3. The number of aliphatic carboxylic acids is 1. The third kappa shape index (κ3) is 6.64. The Balaban J connectivity index is 1.65. The van der Waals surface area contributed by atoms with Crippen LogP contribution in [0, 0.1) is 5.82 Å². The molecule has 2 amide bonds. The number of rotatable bonds is 7. The zero-order valence-corrected chi connectivity index (χ0v) is 25.5. The summed E-state index contributed by atoms with van der Waals surface area (Å²) in [6.07, 6.45) is -9.02. The number of thiophene rings is 1. The van der Waals surface area contributed by atoms with Crippen LogP contribution in [0.5, 0.6) is 5.75 Å². The van der Waals surface area contributed by atoms with Gasteiger partial charge in [0.2, 0.25) is 5.60 Å². The number of carbonyl (C=O) groups is 3. The summed E-state index contributed by atoms with van der Waals surface area (Å²) in [5.74, 6) is -4.65. The molecule has 1 aromatic carbocycles. The van der Waals surface area contributed by atoms with E-state index in [4.69, 9.17) is 4.74 Å². The molecule has 2 aliphatic heterocycles. The molecule has 0 spiro atoms. The van der Waals surface area contributed by atoms with E-state index in [0.717, 1.165) is 39.6 Å². The Bertz CT molecular complexity index is 1680. The highest BCUT2D eigenvalue weighted by Gasteiger charge is 2.57. The topological polar surface area (TPSA) is 100 Å². The van der Waals surface area contributed by atoms with Crippen LogP contribution in [-0.2, 0) is 34.9 Å². The second kappa shape index (κ2) is 12.8. The van der Waals surface area contributed by atoms with Gasteiger partial charge in [-0.25, -0.2) is 9.18 Å². The Labute approximate surface area is 267 Å². The molecule has 0 saturated carbocycles. The summed E-state index contributed by atoms with van der Waals surface area (Å²) in [5.41, 5.74) is -3.74. The fraction of sp³-hybridized carbons (Fsp3) is 0.419. The maximum Gasteiger partial charge on any atom is 0.425 e. The van der Waals surface area contributed by atoms with E-state index >= 15 is 0 Å². The van der Waals surface area contributed by atoms with Gasteiger partial charge in [-0.05, 0) is 48.2 Å². The molecule has 16 heteroatoms. The van der Waals surface area contributed by atoms with E-state index in [2.05, 4.69) is 4.98 Å². The third-order valence-electron chi connectivity index (χ3n) is 8.36. The normalized spacial score (nSPS) is 21.7. The van der Waals surface area contributed by atoms with Gasteiger partial charge < -0.3 is 19.6 Å². The first-order valence-electron chi connectivity index (χ1n) is 14.6. The smallest absolute Gasteiger partial charge is 0.425 e. The van der Waals surface area contributed by atoms with E-state index in [1.165, 1.54) is 6.07 Å². The molecule has 252 valence electrons. The molecule has 0 radical (unpaired) electrons. The fourth-order valence-electron chi connectivity index (χ4n) is 6.31. The number of hydrogen-bond donors (Lipinski definition) is 1. The number of carboxylic acid groups (broad SMARTS) is 1. The summed E-state index contributed by atoms with van der Waals surface area (Å²) in [4.78, 5) is 45.8. The van der Waals surface area contributed by atoms with Crippen molar-refractivity contribution in [3.05, 3.63) is 81.1 Å². The number of piperidine rings is 1. The van der Waals surface area contributed by atoms with Crippen molar-refractivity contribution < 1.29 is 55.0 Å². The molecule has 5 rings (SSSR count). The largest absolute Gasteiger partial charge is 0.480 e. The molecule has 8 nitrogen and oxygen atoms in total. The van der Waals surface area contributed by atoms with Gasteiger partial charge >= 0.3 is 18.3 Å². The van der Waals surface area contributed by atoms with Crippen molar-refractivity contribution in [1.29, 1.82) is 0 Å². The van der Waals surface area contributed by atoms with Gasteiger partial charge in [-0.3, -0.25) is 14.6 Å². The predicted molar refractivity (Wildman–Crippen MR) is 153 cm³/mol. The number of hydrogen-bond acceptors (Lipinski definition) is 6. The highest BCUT2D eigenvalue weighted by molar-refractivity contribution is 7.10. The second-order valence-corrected chi connectivity index (χ2v) is 12.3. The first-order valence-corrected chi connectivity index (χ1v) is 15.4. The van der Waals surface area contributed by atoms with Gasteiger partial charge in [0.15, 0.2) is 0 Å². The van der Waals surface area contributed by atoms with Crippen molar-refractivity contribution >= 4 is 29.1 Å². The van der Waals surface area contributed by atoms with Gasteiger partial charge in [0, 0.05) is 43.6 Å². The van der Waals surface area contributed by atoms with Crippen molar-refractivity contribution in [2.75, 3.05) is 6.54 Å². The number of benzene rings is 1. The van der Waals surface area contributed by atoms with Crippen LogP contribution in [-0.4, -0.2) is 61.9 Å². The minimum absolute atomic E-state index is 0.0427. The fourth-order valence-corrected chi connectivity index (χ4v) is 6.98. The molecule has 4 heterocycles. The quantitative estimate of drug-likeness (QED) is 0.282. The average molecular weight is 688 g/mol. The van der Waals surface area contributed by atoms with Crippen LogP contribution in [0.15, 0.2) is 48.0 Å². The molecule has 3 atom stereocenters. The van der Waals surface area contributed by atoms with Crippen molar-refractivity contribution in [2.24, 2.45) is 0 Å². The lowest BCUT2D eigenvalue weighted by atomic mass is 9.79.